The minimum Gasteiger partial charge on any atom is -0.309 e. The van der Waals surface area contributed by atoms with E-state index in [4.69, 9.17) is 15.0 Å². The lowest BCUT2D eigenvalue weighted by molar-refractivity contribution is 0.332. The number of benzene rings is 8. The fourth-order valence-corrected chi connectivity index (χ4v) is 11.0. The molecule has 0 atom stereocenters. The Morgan fingerprint density at radius 2 is 0.984 bits per heavy atom. The maximum absolute atomic E-state index is 5.22. The van der Waals surface area contributed by atoms with E-state index in [-0.39, 0.29) is 10.8 Å². The van der Waals surface area contributed by atoms with Gasteiger partial charge in [0.15, 0.2) is 17.5 Å². The molecule has 62 heavy (non-hydrogen) atoms. The third kappa shape index (κ3) is 5.98. The molecule has 12 rings (SSSR count). The molecule has 0 saturated carbocycles. The number of hydrogen-bond donors (Lipinski definition) is 0. The van der Waals surface area contributed by atoms with Crippen molar-refractivity contribution in [3.8, 4) is 51.0 Å². The molecule has 0 fully saturated rings. The Hall–Kier alpha value is -6.95. The highest BCUT2D eigenvalue weighted by atomic mass is 32.1. The van der Waals surface area contributed by atoms with Gasteiger partial charge < -0.3 is 4.57 Å². The van der Waals surface area contributed by atoms with Crippen molar-refractivity contribution in [2.45, 2.75) is 51.4 Å². The van der Waals surface area contributed by atoms with Crippen LogP contribution in [0.2, 0.25) is 0 Å². The Kier molecular flexibility index (Phi) is 8.20. The van der Waals surface area contributed by atoms with Gasteiger partial charge in [0, 0.05) is 53.3 Å². The smallest absolute Gasteiger partial charge is 0.164 e. The first-order chi connectivity index (χ1) is 30.2. The lowest BCUT2D eigenvalue weighted by atomic mass is 9.63. The maximum Gasteiger partial charge on any atom is 0.164 e. The lowest BCUT2D eigenvalue weighted by Crippen LogP contribution is -2.33. The number of thiophene rings is 1. The number of nitrogens with zero attached hydrogens (tertiary/aromatic N) is 4. The summed E-state index contributed by atoms with van der Waals surface area (Å²) >= 11 is 1.82. The van der Waals surface area contributed by atoms with Crippen molar-refractivity contribution < 1.29 is 0 Å². The second kappa shape index (κ2) is 13.8. The molecule has 1 aliphatic rings. The molecule has 11 aromatic rings. The van der Waals surface area contributed by atoms with Gasteiger partial charge in [-0.05, 0) is 123 Å². The molecule has 0 aliphatic heterocycles. The predicted octanol–water partition coefficient (Wildman–Crippen LogP) is 15.5. The Labute approximate surface area is 365 Å². The lowest BCUT2D eigenvalue weighted by Gasteiger charge is -2.42. The van der Waals surface area contributed by atoms with Crippen LogP contribution in [0.4, 0.5) is 0 Å². The van der Waals surface area contributed by atoms with Crippen molar-refractivity contribution in [2.75, 3.05) is 0 Å². The zero-order valence-corrected chi connectivity index (χ0v) is 36.1. The molecule has 3 aromatic heterocycles. The van der Waals surface area contributed by atoms with Crippen LogP contribution in [0.15, 0.2) is 170 Å². The fraction of sp³-hybridized carbons (Fsp3) is 0.140. The Morgan fingerprint density at radius 1 is 0.403 bits per heavy atom. The van der Waals surface area contributed by atoms with Gasteiger partial charge in [-0.3, -0.25) is 0 Å². The maximum atomic E-state index is 5.22. The minimum atomic E-state index is 0.116. The summed E-state index contributed by atoms with van der Waals surface area (Å²) in [5.74, 6) is 1.95. The number of aromatic nitrogens is 4. The van der Waals surface area contributed by atoms with E-state index in [1.54, 1.807) is 0 Å². The summed E-state index contributed by atoms with van der Waals surface area (Å²) in [5.41, 5.74) is 12.0. The first-order valence-electron chi connectivity index (χ1n) is 21.6. The van der Waals surface area contributed by atoms with Crippen LogP contribution in [0, 0.1) is 0 Å². The molecule has 0 spiro atoms. The van der Waals surface area contributed by atoms with Crippen molar-refractivity contribution >= 4 is 64.1 Å². The second-order valence-electron chi connectivity index (χ2n) is 18.3. The summed E-state index contributed by atoms with van der Waals surface area (Å²) < 4.78 is 5.00. The van der Waals surface area contributed by atoms with Gasteiger partial charge in [0.2, 0.25) is 0 Å². The van der Waals surface area contributed by atoms with Gasteiger partial charge in [0.05, 0.1) is 11.0 Å². The highest BCUT2D eigenvalue weighted by Crippen LogP contribution is 2.49. The van der Waals surface area contributed by atoms with Crippen LogP contribution in [0.1, 0.15) is 51.7 Å². The summed E-state index contributed by atoms with van der Waals surface area (Å²) in [6.07, 6.45) is 2.38. The van der Waals surface area contributed by atoms with Crippen molar-refractivity contribution in [3.63, 3.8) is 0 Å². The minimum absolute atomic E-state index is 0.116. The Morgan fingerprint density at radius 3 is 1.77 bits per heavy atom. The summed E-state index contributed by atoms with van der Waals surface area (Å²) in [6.45, 7) is 9.66. The molecule has 8 aromatic carbocycles. The standard InChI is InChI=1S/C57H44N4S/c1-56(2)27-28-57(3,4)48-34-50-45(33-47(48)56)43-17-8-10-19-49(43)61(50)42-25-23-37-30-40(22-21-38(37)31-42)54-58-53(39-16-12-15-36(29-39)35-13-6-5-7-14-35)59-55(60-54)41-24-26-52-46(32-41)44-18-9-11-20-51(44)62-52/h5-26,29-34H,27-28H2,1-4H3. The zero-order chi connectivity index (χ0) is 41.7. The van der Waals surface area contributed by atoms with Crippen LogP contribution in [0.5, 0.6) is 0 Å². The van der Waals surface area contributed by atoms with Crippen LogP contribution in [0.25, 0.3) is 104 Å². The highest BCUT2D eigenvalue weighted by Gasteiger charge is 2.38. The Bertz CT molecular complexity index is 3590. The highest BCUT2D eigenvalue weighted by molar-refractivity contribution is 7.25. The summed E-state index contributed by atoms with van der Waals surface area (Å²) in [4.78, 5) is 15.6. The van der Waals surface area contributed by atoms with E-state index in [0.717, 1.165) is 44.3 Å². The van der Waals surface area contributed by atoms with Gasteiger partial charge in [-0.25, -0.2) is 15.0 Å². The molecular weight excluding hydrogens is 773 g/mol. The quantitative estimate of drug-likeness (QED) is 0.174. The second-order valence-corrected chi connectivity index (χ2v) is 19.4. The molecular formula is C57H44N4S. The van der Waals surface area contributed by atoms with Crippen LogP contribution in [-0.4, -0.2) is 19.5 Å². The van der Waals surface area contributed by atoms with Crippen LogP contribution < -0.4 is 0 Å². The molecule has 0 saturated heterocycles. The SMILES string of the molecule is CC1(C)CCC(C)(C)c2cc3c(cc21)c1ccccc1n3-c1ccc2cc(-c3nc(-c4cccc(-c5ccccc5)c4)nc(-c4ccc5sc6ccccc6c5c4)n3)ccc2c1. The van der Waals surface area contributed by atoms with E-state index in [0.29, 0.717) is 17.5 Å². The molecule has 3 heterocycles. The van der Waals surface area contributed by atoms with Crippen LogP contribution in [-0.2, 0) is 10.8 Å². The summed E-state index contributed by atoms with van der Waals surface area (Å²) in [6, 6.07) is 61.5. The number of fused-ring (bicyclic) bond motifs is 8. The largest absolute Gasteiger partial charge is 0.309 e. The average Bonchev–Trinajstić information content (AvgIpc) is 3.85. The monoisotopic (exact) mass is 816 g/mol. The fourth-order valence-electron chi connectivity index (χ4n) is 9.92. The molecule has 0 N–H and O–H groups in total. The van der Waals surface area contributed by atoms with Crippen LogP contribution in [0.3, 0.4) is 0 Å². The van der Waals surface area contributed by atoms with Gasteiger partial charge in [0.1, 0.15) is 0 Å². The molecule has 0 unspecified atom stereocenters. The zero-order valence-electron chi connectivity index (χ0n) is 35.3. The molecule has 1 aliphatic carbocycles. The summed E-state index contributed by atoms with van der Waals surface area (Å²) in [7, 11) is 0. The predicted molar refractivity (Wildman–Crippen MR) is 262 cm³/mol. The molecule has 0 radical (unpaired) electrons. The van der Waals surface area contributed by atoms with Crippen LogP contribution >= 0.6 is 11.3 Å². The van der Waals surface area contributed by atoms with Crippen molar-refractivity contribution in [1.82, 2.24) is 19.5 Å². The molecule has 5 heteroatoms. The van der Waals surface area contributed by atoms with E-state index >= 15 is 0 Å². The third-order valence-electron chi connectivity index (χ3n) is 13.5. The molecule has 298 valence electrons. The third-order valence-corrected chi connectivity index (χ3v) is 14.6. The number of rotatable bonds is 5. The van der Waals surface area contributed by atoms with Gasteiger partial charge >= 0.3 is 0 Å². The molecule has 0 amide bonds. The van der Waals surface area contributed by atoms with E-state index < -0.39 is 0 Å². The number of hydrogen-bond acceptors (Lipinski definition) is 4. The van der Waals surface area contributed by atoms with E-state index in [1.807, 2.05) is 17.4 Å². The Balaban J connectivity index is 0.998. The van der Waals surface area contributed by atoms with Crippen molar-refractivity contribution in [1.29, 1.82) is 0 Å². The van der Waals surface area contributed by atoms with Gasteiger partial charge in [-0.1, -0.05) is 131 Å². The van der Waals surface area contributed by atoms with Crippen molar-refractivity contribution in [2.24, 2.45) is 0 Å². The average molecular weight is 817 g/mol. The van der Waals surface area contributed by atoms with Gasteiger partial charge in [-0.2, -0.15) is 0 Å². The van der Waals surface area contributed by atoms with Crippen molar-refractivity contribution in [3.05, 3.63) is 181 Å². The molecule has 0 bridgehead atoms. The number of para-hydroxylation sites is 1. The first-order valence-corrected chi connectivity index (χ1v) is 22.4. The van der Waals surface area contributed by atoms with E-state index in [2.05, 4.69) is 196 Å². The van der Waals surface area contributed by atoms with E-state index in [9.17, 15) is 0 Å². The molecule has 4 nitrogen and oxygen atoms in total. The van der Waals surface area contributed by atoms with Gasteiger partial charge in [-0.15, -0.1) is 11.3 Å². The van der Waals surface area contributed by atoms with E-state index in [1.165, 1.54) is 65.9 Å². The normalized spacial score (nSPS) is 14.6. The first kappa shape index (κ1) is 36.9. The van der Waals surface area contributed by atoms with Gasteiger partial charge in [0.25, 0.3) is 0 Å². The topological polar surface area (TPSA) is 43.6 Å². The summed E-state index contributed by atoms with van der Waals surface area (Å²) in [5, 5.41) is 7.38.